The Morgan fingerprint density at radius 1 is 1.38 bits per heavy atom. The Hall–Kier alpha value is -1.19. The van der Waals surface area contributed by atoms with Crippen molar-refractivity contribution >= 4 is 5.82 Å². The first-order valence-corrected chi connectivity index (χ1v) is 4.29. The molecular formula is C9H14FN3. The van der Waals surface area contributed by atoms with Gasteiger partial charge in [-0.15, -0.1) is 0 Å². The maximum Gasteiger partial charge on any atom is 0.186 e. The molecule has 0 saturated carbocycles. The summed E-state index contributed by atoms with van der Waals surface area (Å²) >= 11 is 0. The summed E-state index contributed by atoms with van der Waals surface area (Å²) < 4.78 is 13.0. The Morgan fingerprint density at radius 3 is 2.46 bits per heavy atom. The summed E-state index contributed by atoms with van der Waals surface area (Å²) in [6.45, 7) is 5.70. The molecule has 0 aromatic carbocycles. The highest BCUT2D eigenvalue weighted by Crippen LogP contribution is 2.12. The number of aryl methyl sites for hydroxylation is 1. The van der Waals surface area contributed by atoms with Crippen molar-refractivity contribution in [3.05, 3.63) is 17.3 Å². The molecule has 0 aliphatic rings. The van der Waals surface area contributed by atoms with Crippen molar-refractivity contribution in [1.82, 2.24) is 9.97 Å². The van der Waals surface area contributed by atoms with Crippen LogP contribution in [0.15, 0.2) is 0 Å². The summed E-state index contributed by atoms with van der Waals surface area (Å²) in [6.07, 6.45) is 0.727. The van der Waals surface area contributed by atoms with Crippen LogP contribution in [0.5, 0.6) is 0 Å². The lowest BCUT2D eigenvalue weighted by atomic mass is 10.1. The highest BCUT2D eigenvalue weighted by Gasteiger charge is 2.09. The molecule has 0 bridgehead atoms. The average Bonchev–Trinajstić information content (AvgIpc) is 1.98. The maximum atomic E-state index is 13.0. The standard InChI is InChI=1S/C9H14FN3/c1-5(2)4-7-12-6(3)8(10)9(11)13-7/h5H,4H2,1-3H3,(H2,11,12,13). The molecule has 0 amide bonds. The summed E-state index contributed by atoms with van der Waals surface area (Å²) in [7, 11) is 0. The molecule has 4 heteroatoms. The van der Waals surface area contributed by atoms with Gasteiger partial charge in [-0.05, 0) is 12.8 Å². The zero-order valence-corrected chi connectivity index (χ0v) is 8.13. The number of hydrogen-bond donors (Lipinski definition) is 1. The van der Waals surface area contributed by atoms with Gasteiger partial charge in [0.2, 0.25) is 0 Å². The van der Waals surface area contributed by atoms with Crippen molar-refractivity contribution in [2.75, 3.05) is 5.73 Å². The Kier molecular flexibility index (Phi) is 2.80. The topological polar surface area (TPSA) is 51.8 Å². The van der Waals surface area contributed by atoms with Gasteiger partial charge in [0, 0.05) is 6.42 Å². The highest BCUT2D eigenvalue weighted by molar-refractivity contribution is 5.31. The third-order valence-electron chi connectivity index (χ3n) is 1.68. The van der Waals surface area contributed by atoms with E-state index < -0.39 is 5.82 Å². The minimum Gasteiger partial charge on any atom is -0.381 e. The molecule has 1 aromatic rings. The lowest BCUT2D eigenvalue weighted by molar-refractivity contribution is 0.582. The first kappa shape index (κ1) is 9.89. The van der Waals surface area contributed by atoms with Crippen molar-refractivity contribution in [2.24, 2.45) is 5.92 Å². The fourth-order valence-electron chi connectivity index (χ4n) is 1.10. The minimum atomic E-state index is -0.507. The van der Waals surface area contributed by atoms with Crippen molar-refractivity contribution in [3.63, 3.8) is 0 Å². The predicted molar refractivity (Wildman–Crippen MR) is 49.7 cm³/mol. The predicted octanol–water partition coefficient (Wildman–Crippen LogP) is 1.70. The van der Waals surface area contributed by atoms with Crippen molar-refractivity contribution in [2.45, 2.75) is 27.2 Å². The number of rotatable bonds is 2. The Balaban J connectivity index is 2.99. The van der Waals surface area contributed by atoms with Crippen LogP contribution in [0.1, 0.15) is 25.4 Å². The summed E-state index contributed by atoms with van der Waals surface area (Å²) in [5.41, 5.74) is 5.69. The fraction of sp³-hybridized carbons (Fsp3) is 0.556. The molecule has 2 N–H and O–H groups in total. The first-order chi connectivity index (χ1) is 6.00. The van der Waals surface area contributed by atoms with E-state index >= 15 is 0 Å². The largest absolute Gasteiger partial charge is 0.381 e. The van der Waals surface area contributed by atoms with Gasteiger partial charge < -0.3 is 5.73 Å². The van der Waals surface area contributed by atoms with Crippen LogP contribution >= 0.6 is 0 Å². The molecule has 0 fully saturated rings. The van der Waals surface area contributed by atoms with Gasteiger partial charge in [-0.3, -0.25) is 0 Å². The van der Waals surface area contributed by atoms with E-state index in [1.807, 2.05) is 0 Å². The summed E-state index contributed by atoms with van der Waals surface area (Å²) in [4.78, 5) is 7.87. The molecule has 1 heterocycles. The summed E-state index contributed by atoms with van der Waals surface area (Å²) in [5, 5.41) is 0. The van der Waals surface area contributed by atoms with E-state index in [9.17, 15) is 4.39 Å². The maximum absolute atomic E-state index is 13.0. The van der Waals surface area contributed by atoms with Gasteiger partial charge in [0.25, 0.3) is 0 Å². The van der Waals surface area contributed by atoms with Gasteiger partial charge in [0.05, 0.1) is 5.69 Å². The number of nitrogens with zero attached hydrogens (tertiary/aromatic N) is 2. The van der Waals surface area contributed by atoms with Crippen LogP contribution in [0.2, 0.25) is 0 Å². The average molecular weight is 183 g/mol. The molecule has 0 aliphatic heterocycles. The van der Waals surface area contributed by atoms with E-state index in [0.717, 1.165) is 6.42 Å². The van der Waals surface area contributed by atoms with Crippen LogP contribution in [0.3, 0.4) is 0 Å². The Morgan fingerprint density at radius 2 is 2.00 bits per heavy atom. The first-order valence-electron chi connectivity index (χ1n) is 4.29. The fourth-order valence-corrected chi connectivity index (χ4v) is 1.10. The van der Waals surface area contributed by atoms with Crippen molar-refractivity contribution < 1.29 is 4.39 Å². The molecule has 1 aromatic heterocycles. The van der Waals surface area contributed by atoms with Crippen LogP contribution < -0.4 is 5.73 Å². The molecular weight excluding hydrogens is 169 g/mol. The number of nitrogen functional groups attached to an aromatic ring is 1. The van der Waals surface area contributed by atoms with Crippen LogP contribution in [0.25, 0.3) is 0 Å². The molecule has 72 valence electrons. The van der Waals surface area contributed by atoms with Crippen molar-refractivity contribution in [3.8, 4) is 0 Å². The second-order valence-corrected chi connectivity index (χ2v) is 3.52. The third kappa shape index (κ3) is 2.37. The van der Waals surface area contributed by atoms with Crippen LogP contribution in [-0.2, 0) is 6.42 Å². The summed E-state index contributed by atoms with van der Waals surface area (Å²) in [6, 6.07) is 0. The normalized spacial score (nSPS) is 10.8. The third-order valence-corrected chi connectivity index (χ3v) is 1.68. The second-order valence-electron chi connectivity index (χ2n) is 3.52. The molecule has 0 atom stereocenters. The van der Waals surface area contributed by atoms with Gasteiger partial charge in [-0.2, -0.15) is 0 Å². The van der Waals surface area contributed by atoms with Crippen molar-refractivity contribution in [1.29, 1.82) is 0 Å². The molecule has 0 saturated heterocycles. The van der Waals surface area contributed by atoms with E-state index in [2.05, 4.69) is 23.8 Å². The number of aromatic nitrogens is 2. The van der Waals surface area contributed by atoms with Gasteiger partial charge in [0.15, 0.2) is 11.6 Å². The summed E-state index contributed by atoms with van der Waals surface area (Å²) in [5.74, 6) is 0.506. The zero-order valence-electron chi connectivity index (χ0n) is 8.13. The molecule has 0 unspecified atom stereocenters. The SMILES string of the molecule is Cc1nc(CC(C)C)nc(N)c1F. The van der Waals surface area contributed by atoms with E-state index in [4.69, 9.17) is 5.73 Å². The number of anilines is 1. The van der Waals surface area contributed by atoms with Gasteiger partial charge >= 0.3 is 0 Å². The van der Waals surface area contributed by atoms with E-state index in [1.165, 1.54) is 0 Å². The van der Waals surface area contributed by atoms with E-state index in [1.54, 1.807) is 6.92 Å². The lowest BCUT2D eigenvalue weighted by Crippen LogP contribution is -2.07. The lowest BCUT2D eigenvalue weighted by Gasteiger charge is -2.06. The van der Waals surface area contributed by atoms with E-state index in [0.29, 0.717) is 17.4 Å². The molecule has 0 spiro atoms. The van der Waals surface area contributed by atoms with Gasteiger partial charge in [0.1, 0.15) is 5.82 Å². The zero-order chi connectivity index (χ0) is 10.0. The minimum absolute atomic E-state index is 0.0526. The van der Waals surface area contributed by atoms with Gasteiger partial charge in [-0.1, -0.05) is 13.8 Å². The van der Waals surface area contributed by atoms with Crippen LogP contribution in [-0.4, -0.2) is 9.97 Å². The smallest absolute Gasteiger partial charge is 0.186 e. The number of hydrogen-bond acceptors (Lipinski definition) is 3. The number of halogens is 1. The van der Waals surface area contributed by atoms with Gasteiger partial charge in [-0.25, -0.2) is 14.4 Å². The van der Waals surface area contributed by atoms with Crippen LogP contribution in [0, 0.1) is 18.7 Å². The highest BCUT2D eigenvalue weighted by atomic mass is 19.1. The molecule has 3 nitrogen and oxygen atoms in total. The number of nitrogens with two attached hydrogens (primary N) is 1. The molecule has 0 radical (unpaired) electrons. The second kappa shape index (κ2) is 3.68. The van der Waals surface area contributed by atoms with Crippen LogP contribution in [0.4, 0.5) is 10.2 Å². The van der Waals surface area contributed by atoms with E-state index in [-0.39, 0.29) is 5.82 Å². The quantitative estimate of drug-likeness (QED) is 0.759. The monoisotopic (exact) mass is 183 g/mol. The molecule has 1 rings (SSSR count). The Bertz CT molecular complexity index is 287. The molecule has 13 heavy (non-hydrogen) atoms. The Labute approximate surface area is 77.2 Å². The molecule has 0 aliphatic carbocycles.